The molecule has 0 saturated heterocycles. The van der Waals surface area contributed by atoms with E-state index < -0.39 is 6.10 Å². The monoisotopic (exact) mass is 249 g/mol. The Morgan fingerprint density at radius 3 is 2.94 bits per heavy atom. The first-order valence-electron chi connectivity index (χ1n) is 5.39. The summed E-state index contributed by atoms with van der Waals surface area (Å²) in [6.07, 6.45) is 1.25. The third-order valence-corrected chi connectivity index (χ3v) is 3.16. The van der Waals surface area contributed by atoms with Gasteiger partial charge in [0.25, 0.3) is 0 Å². The van der Waals surface area contributed by atoms with Crippen molar-refractivity contribution in [2.45, 2.75) is 19.6 Å². The topological polar surface area (TPSA) is 49.3 Å². The molecule has 0 aliphatic heterocycles. The molecule has 0 spiro atoms. The SMILES string of the molecule is CC(O)c1ccnc(N(C)Cc2cscn2)c1. The molecule has 2 rings (SSSR count). The number of aliphatic hydroxyl groups excluding tert-OH is 1. The van der Waals surface area contributed by atoms with E-state index in [2.05, 4.69) is 9.97 Å². The van der Waals surface area contributed by atoms with Crippen LogP contribution in [0, 0.1) is 0 Å². The molecule has 4 nitrogen and oxygen atoms in total. The molecular formula is C12H15N3OS. The van der Waals surface area contributed by atoms with Crippen molar-refractivity contribution in [1.29, 1.82) is 0 Å². The van der Waals surface area contributed by atoms with Gasteiger partial charge in [0.1, 0.15) is 5.82 Å². The molecule has 0 saturated carbocycles. The highest BCUT2D eigenvalue weighted by Gasteiger charge is 2.07. The van der Waals surface area contributed by atoms with E-state index in [1.165, 1.54) is 0 Å². The van der Waals surface area contributed by atoms with E-state index in [-0.39, 0.29) is 0 Å². The van der Waals surface area contributed by atoms with Crippen molar-refractivity contribution in [2.75, 3.05) is 11.9 Å². The van der Waals surface area contributed by atoms with Crippen LogP contribution in [0.2, 0.25) is 0 Å². The van der Waals surface area contributed by atoms with Crippen LogP contribution in [-0.2, 0) is 6.54 Å². The van der Waals surface area contributed by atoms with Crippen molar-refractivity contribution >= 4 is 17.2 Å². The number of pyridine rings is 1. The van der Waals surface area contributed by atoms with Gasteiger partial charge >= 0.3 is 0 Å². The number of aliphatic hydroxyl groups is 1. The zero-order chi connectivity index (χ0) is 12.3. The second-order valence-corrected chi connectivity index (χ2v) is 4.68. The quantitative estimate of drug-likeness (QED) is 0.902. The maximum Gasteiger partial charge on any atom is 0.128 e. The summed E-state index contributed by atoms with van der Waals surface area (Å²) in [5.41, 5.74) is 3.73. The van der Waals surface area contributed by atoms with Gasteiger partial charge in [0.15, 0.2) is 0 Å². The van der Waals surface area contributed by atoms with Gasteiger partial charge in [-0.2, -0.15) is 0 Å². The summed E-state index contributed by atoms with van der Waals surface area (Å²) in [4.78, 5) is 10.5. The Bertz CT molecular complexity index is 470. The highest BCUT2D eigenvalue weighted by atomic mass is 32.1. The van der Waals surface area contributed by atoms with Gasteiger partial charge in [-0.1, -0.05) is 0 Å². The predicted molar refractivity (Wildman–Crippen MR) is 69.1 cm³/mol. The number of rotatable bonds is 4. The van der Waals surface area contributed by atoms with Gasteiger partial charge in [0.05, 0.1) is 23.9 Å². The van der Waals surface area contributed by atoms with Gasteiger partial charge in [-0.3, -0.25) is 0 Å². The molecule has 17 heavy (non-hydrogen) atoms. The number of hydrogen-bond acceptors (Lipinski definition) is 5. The van der Waals surface area contributed by atoms with Crippen molar-refractivity contribution in [1.82, 2.24) is 9.97 Å². The molecule has 2 aromatic rings. The van der Waals surface area contributed by atoms with Crippen LogP contribution in [-0.4, -0.2) is 22.1 Å². The predicted octanol–water partition coefficient (Wildman–Crippen LogP) is 2.23. The molecule has 0 bridgehead atoms. The zero-order valence-corrected chi connectivity index (χ0v) is 10.7. The first kappa shape index (κ1) is 12.0. The van der Waals surface area contributed by atoms with Gasteiger partial charge in [-0.25, -0.2) is 9.97 Å². The molecule has 2 aromatic heterocycles. The minimum atomic E-state index is -0.468. The van der Waals surface area contributed by atoms with Crippen LogP contribution >= 0.6 is 11.3 Å². The van der Waals surface area contributed by atoms with Crippen LogP contribution in [0.1, 0.15) is 24.3 Å². The molecule has 2 heterocycles. The first-order valence-corrected chi connectivity index (χ1v) is 6.33. The van der Waals surface area contributed by atoms with E-state index in [0.717, 1.165) is 23.6 Å². The molecular weight excluding hydrogens is 234 g/mol. The molecule has 0 radical (unpaired) electrons. The van der Waals surface area contributed by atoms with Crippen LogP contribution < -0.4 is 4.90 Å². The lowest BCUT2D eigenvalue weighted by atomic mass is 10.2. The third-order valence-electron chi connectivity index (χ3n) is 2.53. The summed E-state index contributed by atoms with van der Waals surface area (Å²) in [5, 5.41) is 11.6. The van der Waals surface area contributed by atoms with Crippen LogP contribution in [0.15, 0.2) is 29.2 Å². The van der Waals surface area contributed by atoms with E-state index in [0.29, 0.717) is 0 Å². The fourth-order valence-corrected chi connectivity index (χ4v) is 2.09. The molecule has 0 fully saturated rings. The lowest BCUT2D eigenvalue weighted by Gasteiger charge is -2.18. The van der Waals surface area contributed by atoms with E-state index in [4.69, 9.17) is 0 Å². The summed E-state index contributed by atoms with van der Waals surface area (Å²) in [6, 6.07) is 3.72. The lowest BCUT2D eigenvalue weighted by molar-refractivity contribution is 0.199. The Hall–Kier alpha value is -1.46. The zero-order valence-electron chi connectivity index (χ0n) is 9.87. The normalized spacial score (nSPS) is 12.4. The molecule has 0 aliphatic carbocycles. The van der Waals surface area contributed by atoms with Gasteiger partial charge in [0, 0.05) is 18.6 Å². The number of nitrogens with zero attached hydrogens (tertiary/aromatic N) is 3. The highest BCUT2D eigenvalue weighted by Crippen LogP contribution is 2.18. The van der Waals surface area contributed by atoms with Crippen molar-refractivity contribution in [3.05, 3.63) is 40.5 Å². The molecule has 0 aliphatic rings. The second-order valence-electron chi connectivity index (χ2n) is 3.96. The molecule has 0 amide bonds. The summed E-state index contributed by atoms with van der Waals surface area (Å²) in [7, 11) is 1.97. The molecule has 0 aromatic carbocycles. The van der Waals surface area contributed by atoms with Crippen LogP contribution in [0.5, 0.6) is 0 Å². The standard InChI is InChI=1S/C12H15N3OS/c1-9(16)10-3-4-13-12(5-10)15(2)6-11-7-17-8-14-11/h3-5,7-9,16H,6H2,1-2H3. The Morgan fingerprint density at radius 1 is 1.47 bits per heavy atom. The molecule has 1 N–H and O–H groups in total. The molecule has 90 valence electrons. The maximum atomic E-state index is 9.53. The van der Waals surface area contributed by atoms with Crippen molar-refractivity contribution in [3.8, 4) is 0 Å². The molecule has 1 unspecified atom stereocenters. The van der Waals surface area contributed by atoms with E-state index in [1.807, 2.05) is 35.0 Å². The number of anilines is 1. The van der Waals surface area contributed by atoms with Gasteiger partial charge < -0.3 is 10.0 Å². The van der Waals surface area contributed by atoms with Crippen LogP contribution in [0.25, 0.3) is 0 Å². The van der Waals surface area contributed by atoms with E-state index in [1.54, 1.807) is 24.5 Å². The third kappa shape index (κ3) is 3.01. The molecule has 5 heteroatoms. The largest absolute Gasteiger partial charge is 0.389 e. The van der Waals surface area contributed by atoms with Crippen molar-refractivity contribution in [2.24, 2.45) is 0 Å². The van der Waals surface area contributed by atoms with E-state index in [9.17, 15) is 5.11 Å². The maximum absolute atomic E-state index is 9.53. The van der Waals surface area contributed by atoms with Crippen LogP contribution in [0.4, 0.5) is 5.82 Å². The Labute approximate surface area is 105 Å². The second kappa shape index (κ2) is 5.25. The van der Waals surface area contributed by atoms with Gasteiger partial charge in [-0.15, -0.1) is 11.3 Å². The molecule has 1 atom stereocenters. The fraction of sp³-hybridized carbons (Fsp3) is 0.333. The number of aromatic nitrogens is 2. The Balaban J connectivity index is 2.13. The lowest BCUT2D eigenvalue weighted by Crippen LogP contribution is -2.18. The summed E-state index contributed by atoms with van der Waals surface area (Å²) in [6.45, 7) is 2.47. The summed E-state index contributed by atoms with van der Waals surface area (Å²) >= 11 is 1.59. The average Bonchev–Trinajstić information content (AvgIpc) is 2.82. The first-order chi connectivity index (χ1) is 8.16. The number of hydrogen-bond donors (Lipinski definition) is 1. The highest BCUT2D eigenvalue weighted by molar-refractivity contribution is 7.07. The fourth-order valence-electron chi connectivity index (χ4n) is 1.54. The van der Waals surface area contributed by atoms with Crippen LogP contribution in [0.3, 0.4) is 0 Å². The Kier molecular flexibility index (Phi) is 3.71. The average molecular weight is 249 g/mol. The minimum Gasteiger partial charge on any atom is -0.389 e. The van der Waals surface area contributed by atoms with Crippen molar-refractivity contribution < 1.29 is 5.11 Å². The van der Waals surface area contributed by atoms with E-state index >= 15 is 0 Å². The summed E-state index contributed by atoms with van der Waals surface area (Å²) in [5.74, 6) is 0.844. The number of thiazole rings is 1. The van der Waals surface area contributed by atoms with Crippen molar-refractivity contribution in [3.63, 3.8) is 0 Å². The Morgan fingerprint density at radius 2 is 2.29 bits per heavy atom. The van der Waals surface area contributed by atoms with Gasteiger partial charge in [-0.05, 0) is 24.6 Å². The smallest absolute Gasteiger partial charge is 0.128 e. The van der Waals surface area contributed by atoms with Gasteiger partial charge in [0.2, 0.25) is 0 Å². The summed E-state index contributed by atoms with van der Waals surface area (Å²) < 4.78 is 0. The minimum absolute atomic E-state index is 0.468.